The van der Waals surface area contributed by atoms with Gasteiger partial charge in [0.15, 0.2) is 0 Å². The van der Waals surface area contributed by atoms with Gasteiger partial charge in [0.05, 0.1) is 10.6 Å². The molecule has 196 valence electrons. The minimum Gasteiger partial charge on any atom is -0.350 e. The number of hydrogen-bond donors (Lipinski definition) is 1. The first-order valence-corrected chi connectivity index (χ1v) is 13.6. The van der Waals surface area contributed by atoms with Crippen LogP contribution in [-0.2, 0) is 26.2 Å². The van der Waals surface area contributed by atoms with Crippen molar-refractivity contribution in [2.24, 2.45) is 0 Å². The van der Waals surface area contributed by atoms with Crippen LogP contribution in [0.1, 0.15) is 38.8 Å². The number of nitrogens with one attached hydrogen (secondary N) is 1. The normalized spacial score (nSPS) is 12.5. The van der Waals surface area contributed by atoms with E-state index in [0.29, 0.717) is 5.69 Å². The highest BCUT2D eigenvalue weighted by molar-refractivity contribution is 7.92. The molecule has 0 heterocycles. The Labute approximate surface area is 220 Å². The largest absolute Gasteiger partial charge is 0.350 e. The number of nitrogens with zero attached hydrogens (tertiary/aromatic N) is 2. The summed E-state index contributed by atoms with van der Waals surface area (Å²) >= 11 is 0. The molecule has 0 aliphatic rings. The molecule has 3 aromatic carbocycles. The maximum Gasteiger partial charge on any atom is 0.264 e. The van der Waals surface area contributed by atoms with Gasteiger partial charge in [-0.1, -0.05) is 60.7 Å². The van der Waals surface area contributed by atoms with Gasteiger partial charge in [-0.25, -0.2) is 8.42 Å². The molecule has 0 aromatic heterocycles. The van der Waals surface area contributed by atoms with E-state index in [4.69, 9.17) is 0 Å². The number of anilines is 1. The molecule has 1 atom stereocenters. The van der Waals surface area contributed by atoms with Crippen LogP contribution in [0.25, 0.3) is 0 Å². The molecule has 0 saturated heterocycles. The number of sulfonamides is 1. The van der Waals surface area contributed by atoms with Gasteiger partial charge in [-0.2, -0.15) is 0 Å². The van der Waals surface area contributed by atoms with E-state index in [1.165, 1.54) is 17.0 Å². The van der Waals surface area contributed by atoms with Crippen LogP contribution in [0.15, 0.2) is 89.8 Å². The molecule has 0 aliphatic carbocycles. The molecule has 0 bridgehead atoms. The number of rotatable bonds is 9. The Morgan fingerprint density at radius 1 is 0.865 bits per heavy atom. The summed E-state index contributed by atoms with van der Waals surface area (Å²) in [5.41, 5.74) is 1.72. The molecular weight excluding hydrogens is 486 g/mol. The Hall–Kier alpha value is -3.65. The summed E-state index contributed by atoms with van der Waals surface area (Å²) in [5, 5.41) is 2.93. The average molecular weight is 522 g/mol. The van der Waals surface area contributed by atoms with Gasteiger partial charge in [-0.3, -0.25) is 13.9 Å². The lowest BCUT2D eigenvalue weighted by Gasteiger charge is -2.33. The Morgan fingerprint density at radius 2 is 1.41 bits per heavy atom. The van der Waals surface area contributed by atoms with Gasteiger partial charge in [-0.15, -0.1) is 0 Å². The number of benzene rings is 3. The zero-order valence-electron chi connectivity index (χ0n) is 22.0. The second-order valence-corrected chi connectivity index (χ2v) is 11.9. The molecule has 7 nitrogen and oxygen atoms in total. The lowest BCUT2D eigenvalue weighted by molar-refractivity contribution is -0.140. The lowest BCUT2D eigenvalue weighted by atomic mass is 10.1. The van der Waals surface area contributed by atoms with Crippen molar-refractivity contribution in [3.8, 4) is 0 Å². The number of carbonyl (C=O) groups is 2. The van der Waals surface area contributed by atoms with Gasteiger partial charge in [0.2, 0.25) is 11.8 Å². The standard InChI is InChI=1S/C29H35N3O4S/c1-22-14-12-13-15-24(22)20-31(23(2)28(34)30-29(3,4)5)27(33)21-32(25-16-8-6-9-17-25)37(35,36)26-18-10-7-11-19-26/h6-19,23H,20-21H2,1-5H3,(H,30,34)/t23-/m0/s1. The summed E-state index contributed by atoms with van der Waals surface area (Å²) < 4.78 is 28.4. The van der Waals surface area contributed by atoms with Crippen LogP contribution in [0.3, 0.4) is 0 Å². The maximum atomic E-state index is 13.9. The molecule has 0 fully saturated rings. The number of aryl methyl sites for hydroxylation is 1. The van der Waals surface area contributed by atoms with Crippen LogP contribution in [0.5, 0.6) is 0 Å². The average Bonchev–Trinajstić information content (AvgIpc) is 2.86. The van der Waals surface area contributed by atoms with Gasteiger partial charge >= 0.3 is 0 Å². The molecule has 2 amide bonds. The van der Waals surface area contributed by atoms with E-state index in [-0.39, 0.29) is 17.3 Å². The first-order valence-electron chi connectivity index (χ1n) is 12.2. The van der Waals surface area contributed by atoms with E-state index in [0.717, 1.165) is 15.4 Å². The predicted molar refractivity (Wildman–Crippen MR) is 147 cm³/mol. The maximum absolute atomic E-state index is 13.9. The number of hydrogen-bond acceptors (Lipinski definition) is 4. The number of para-hydroxylation sites is 1. The molecule has 0 spiro atoms. The lowest BCUT2D eigenvalue weighted by Crippen LogP contribution is -2.54. The monoisotopic (exact) mass is 521 g/mol. The van der Waals surface area contributed by atoms with E-state index in [1.54, 1.807) is 55.5 Å². The Balaban J connectivity index is 2.01. The van der Waals surface area contributed by atoms with Crippen molar-refractivity contribution in [3.05, 3.63) is 96.1 Å². The van der Waals surface area contributed by atoms with Crippen molar-refractivity contribution in [1.82, 2.24) is 10.2 Å². The Kier molecular flexibility index (Phi) is 8.76. The van der Waals surface area contributed by atoms with E-state index in [9.17, 15) is 18.0 Å². The van der Waals surface area contributed by atoms with Crippen molar-refractivity contribution in [2.75, 3.05) is 10.8 Å². The molecule has 0 unspecified atom stereocenters. The van der Waals surface area contributed by atoms with Crippen LogP contribution in [0.4, 0.5) is 5.69 Å². The zero-order chi connectivity index (χ0) is 27.2. The van der Waals surface area contributed by atoms with E-state index in [2.05, 4.69) is 5.32 Å². The second-order valence-electron chi connectivity index (χ2n) is 10.0. The molecule has 1 N–H and O–H groups in total. The van der Waals surface area contributed by atoms with Crippen molar-refractivity contribution in [2.45, 2.75) is 57.6 Å². The third-order valence-electron chi connectivity index (χ3n) is 5.92. The van der Waals surface area contributed by atoms with Crippen molar-refractivity contribution in [1.29, 1.82) is 0 Å². The van der Waals surface area contributed by atoms with Crippen molar-refractivity contribution < 1.29 is 18.0 Å². The molecule has 3 aromatic rings. The summed E-state index contributed by atoms with van der Waals surface area (Å²) in [6, 6.07) is 23.3. The molecule has 8 heteroatoms. The molecule has 3 rings (SSSR count). The van der Waals surface area contributed by atoms with E-state index >= 15 is 0 Å². The van der Waals surface area contributed by atoms with Gasteiger partial charge in [0, 0.05) is 12.1 Å². The first-order chi connectivity index (χ1) is 17.4. The smallest absolute Gasteiger partial charge is 0.264 e. The van der Waals surface area contributed by atoms with E-state index in [1.807, 2.05) is 52.0 Å². The van der Waals surface area contributed by atoms with Crippen LogP contribution in [0, 0.1) is 6.92 Å². The summed E-state index contributed by atoms with van der Waals surface area (Å²) in [6.07, 6.45) is 0. The zero-order valence-corrected chi connectivity index (χ0v) is 22.8. The highest BCUT2D eigenvalue weighted by Crippen LogP contribution is 2.24. The quantitative estimate of drug-likeness (QED) is 0.449. The molecule has 0 saturated carbocycles. The molecule has 37 heavy (non-hydrogen) atoms. The van der Waals surface area contributed by atoms with Gasteiger partial charge in [0.25, 0.3) is 10.0 Å². The molecule has 0 radical (unpaired) electrons. The Bertz CT molecular complexity index is 1320. The third kappa shape index (κ3) is 7.20. The van der Waals surface area contributed by atoms with Gasteiger partial charge < -0.3 is 10.2 Å². The number of amides is 2. The second kappa shape index (κ2) is 11.6. The van der Waals surface area contributed by atoms with Crippen LogP contribution < -0.4 is 9.62 Å². The van der Waals surface area contributed by atoms with Crippen LogP contribution in [-0.4, -0.2) is 43.3 Å². The van der Waals surface area contributed by atoms with Crippen LogP contribution in [0.2, 0.25) is 0 Å². The molecule has 0 aliphatic heterocycles. The third-order valence-corrected chi connectivity index (χ3v) is 7.71. The van der Waals surface area contributed by atoms with Gasteiger partial charge in [-0.05, 0) is 70.0 Å². The minimum absolute atomic E-state index is 0.0793. The fourth-order valence-electron chi connectivity index (χ4n) is 3.87. The summed E-state index contributed by atoms with van der Waals surface area (Å²) in [4.78, 5) is 28.5. The predicted octanol–water partition coefficient (Wildman–Crippen LogP) is 4.52. The van der Waals surface area contributed by atoms with Crippen molar-refractivity contribution >= 4 is 27.5 Å². The van der Waals surface area contributed by atoms with Crippen molar-refractivity contribution in [3.63, 3.8) is 0 Å². The van der Waals surface area contributed by atoms with Gasteiger partial charge in [0.1, 0.15) is 12.6 Å². The van der Waals surface area contributed by atoms with E-state index < -0.39 is 34.1 Å². The fourth-order valence-corrected chi connectivity index (χ4v) is 5.31. The van der Waals surface area contributed by atoms with Crippen LogP contribution >= 0.6 is 0 Å². The highest BCUT2D eigenvalue weighted by Gasteiger charge is 2.33. The fraction of sp³-hybridized carbons (Fsp3) is 0.310. The first kappa shape index (κ1) is 27.9. The highest BCUT2D eigenvalue weighted by atomic mass is 32.2. The minimum atomic E-state index is -4.05. The SMILES string of the molecule is Cc1ccccc1CN(C(=O)CN(c1ccccc1)S(=O)(=O)c1ccccc1)[C@@H](C)C(=O)NC(C)(C)C. The number of carbonyl (C=O) groups excluding carboxylic acids is 2. The summed E-state index contributed by atoms with van der Waals surface area (Å²) in [7, 11) is -4.05. The Morgan fingerprint density at radius 3 is 1.97 bits per heavy atom. The summed E-state index contributed by atoms with van der Waals surface area (Å²) in [6.45, 7) is 8.92. The summed E-state index contributed by atoms with van der Waals surface area (Å²) in [5.74, 6) is -0.796. The topological polar surface area (TPSA) is 86.8 Å². The molecular formula is C29H35N3O4S.